The number of thioether (sulfide) groups is 1. The average molecular weight is 471 g/mol. The molecular weight excluding hydrogens is 454 g/mol. The molecule has 168 valence electrons. The highest BCUT2D eigenvalue weighted by atomic mass is 32.2. The molecule has 3 aromatic carbocycles. The van der Waals surface area contributed by atoms with Gasteiger partial charge in [0.15, 0.2) is 5.82 Å². The number of H-pyrrole nitrogens is 2. The summed E-state index contributed by atoms with van der Waals surface area (Å²) < 4.78 is 0. The van der Waals surface area contributed by atoms with Gasteiger partial charge in [0.25, 0.3) is 5.69 Å². The number of carboxylic acid groups (broad SMARTS) is 1. The van der Waals surface area contributed by atoms with E-state index in [0.717, 1.165) is 39.4 Å². The summed E-state index contributed by atoms with van der Waals surface area (Å²) in [5.74, 6) is -0.840. The molecule has 0 atom stereocenters. The van der Waals surface area contributed by atoms with E-state index in [-0.39, 0.29) is 16.6 Å². The van der Waals surface area contributed by atoms with E-state index in [1.807, 2.05) is 54.7 Å². The predicted molar refractivity (Wildman–Crippen MR) is 130 cm³/mol. The van der Waals surface area contributed by atoms with E-state index < -0.39 is 10.9 Å². The molecule has 5 rings (SSSR count). The second-order valence-corrected chi connectivity index (χ2v) is 8.45. The highest BCUT2D eigenvalue weighted by molar-refractivity contribution is 7.99. The number of fused-ring (bicyclic) bond motifs is 1. The van der Waals surface area contributed by atoms with Crippen LogP contribution in [0.2, 0.25) is 0 Å². The molecule has 0 spiro atoms. The van der Waals surface area contributed by atoms with Gasteiger partial charge in [-0.05, 0) is 34.9 Å². The molecule has 0 aliphatic carbocycles. The number of benzene rings is 3. The van der Waals surface area contributed by atoms with Gasteiger partial charge in [-0.1, -0.05) is 48.2 Å². The minimum Gasteiger partial charge on any atom is -0.481 e. The lowest BCUT2D eigenvalue weighted by molar-refractivity contribution is -0.384. The van der Waals surface area contributed by atoms with E-state index in [4.69, 9.17) is 5.11 Å². The van der Waals surface area contributed by atoms with Crippen LogP contribution in [0.4, 0.5) is 5.69 Å². The number of nitrogens with zero attached hydrogens (tertiary/aromatic N) is 3. The first kappa shape index (κ1) is 21.4. The van der Waals surface area contributed by atoms with Gasteiger partial charge in [-0.25, -0.2) is 4.98 Å². The Kier molecular flexibility index (Phi) is 5.56. The second kappa shape index (κ2) is 8.83. The molecule has 34 heavy (non-hydrogen) atoms. The molecule has 0 fully saturated rings. The van der Waals surface area contributed by atoms with Crippen LogP contribution in [0, 0.1) is 10.1 Å². The molecule has 0 saturated heterocycles. The molecule has 0 amide bonds. The summed E-state index contributed by atoms with van der Waals surface area (Å²) in [5.41, 5.74) is 4.94. The first-order chi connectivity index (χ1) is 16.5. The SMILES string of the molecule is O=C(O)CSc1n[nH]c(-c2cc(-c3ccc4[nH]cc(-c5ccccc5)c4c3)cc([N+](=O)[O-])c2)n1. The van der Waals surface area contributed by atoms with Gasteiger partial charge in [0, 0.05) is 40.4 Å². The standard InChI is InChI=1S/C24H17N5O4S/c30-22(31)13-34-24-26-23(27-28-24)17-8-16(9-18(10-17)29(32)33)15-6-7-21-19(11-15)20(12-25-21)14-4-2-1-3-5-14/h1-12,25H,13H2,(H,30,31)(H,26,27,28). The van der Waals surface area contributed by atoms with E-state index in [9.17, 15) is 14.9 Å². The average Bonchev–Trinajstić information content (AvgIpc) is 3.50. The Morgan fingerprint density at radius 2 is 1.79 bits per heavy atom. The fraction of sp³-hybridized carbons (Fsp3) is 0.0417. The molecule has 0 saturated carbocycles. The zero-order chi connectivity index (χ0) is 23.7. The Balaban J connectivity index is 1.58. The van der Waals surface area contributed by atoms with Crippen molar-refractivity contribution >= 4 is 34.3 Å². The van der Waals surface area contributed by atoms with Crippen molar-refractivity contribution in [1.82, 2.24) is 20.2 Å². The lowest BCUT2D eigenvalue weighted by atomic mass is 9.98. The van der Waals surface area contributed by atoms with Crippen molar-refractivity contribution in [3.8, 4) is 33.6 Å². The molecule has 0 radical (unpaired) electrons. The van der Waals surface area contributed by atoms with Crippen LogP contribution < -0.4 is 0 Å². The molecular formula is C24H17N5O4S. The number of aliphatic carboxylic acids is 1. The summed E-state index contributed by atoms with van der Waals surface area (Å²) in [6.07, 6.45) is 1.95. The van der Waals surface area contributed by atoms with Crippen molar-refractivity contribution in [2.24, 2.45) is 0 Å². The lowest BCUT2D eigenvalue weighted by Crippen LogP contribution is -1.97. The van der Waals surface area contributed by atoms with Crippen molar-refractivity contribution in [1.29, 1.82) is 0 Å². The fourth-order valence-corrected chi connectivity index (χ4v) is 4.26. The number of nitrogens with one attached hydrogen (secondary N) is 2. The van der Waals surface area contributed by atoms with Crippen LogP contribution in [0.3, 0.4) is 0 Å². The number of non-ortho nitro benzene ring substituents is 1. The molecule has 2 heterocycles. The van der Waals surface area contributed by atoms with Crippen molar-refractivity contribution in [3.05, 3.63) is 83.0 Å². The van der Waals surface area contributed by atoms with Gasteiger partial charge in [0.05, 0.1) is 10.7 Å². The van der Waals surface area contributed by atoms with Crippen LogP contribution in [0.15, 0.2) is 78.1 Å². The van der Waals surface area contributed by atoms with E-state index in [1.54, 1.807) is 6.07 Å². The van der Waals surface area contributed by atoms with E-state index in [1.165, 1.54) is 12.1 Å². The summed E-state index contributed by atoms with van der Waals surface area (Å²) in [4.78, 5) is 29.6. The van der Waals surface area contributed by atoms with Crippen molar-refractivity contribution in [2.75, 3.05) is 5.75 Å². The smallest absolute Gasteiger partial charge is 0.313 e. The topological polar surface area (TPSA) is 138 Å². The minimum absolute atomic E-state index is 0.0823. The monoisotopic (exact) mass is 471 g/mol. The van der Waals surface area contributed by atoms with Gasteiger partial charge in [0.2, 0.25) is 5.16 Å². The Bertz CT molecular complexity index is 1530. The molecule has 0 aliphatic heterocycles. The Morgan fingerprint density at radius 1 is 1.00 bits per heavy atom. The van der Waals surface area contributed by atoms with Crippen LogP contribution in [-0.2, 0) is 4.79 Å². The summed E-state index contributed by atoms with van der Waals surface area (Å²) in [5, 5.41) is 28.5. The number of aromatic nitrogens is 4. The predicted octanol–water partition coefficient (Wildman–Crippen LogP) is 5.37. The molecule has 9 nitrogen and oxygen atoms in total. The molecule has 0 unspecified atom stereocenters. The van der Waals surface area contributed by atoms with Crippen LogP contribution >= 0.6 is 11.8 Å². The number of aromatic amines is 2. The largest absolute Gasteiger partial charge is 0.481 e. The quantitative estimate of drug-likeness (QED) is 0.165. The van der Waals surface area contributed by atoms with Gasteiger partial charge in [-0.2, -0.15) is 0 Å². The number of hydrogen-bond acceptors (Lipinski definition) is 6. The fourth-order valence-electron chi connectivity index (χ4n) is 3.74. The van der Waals surface area contributed by atoms with Crippen LogP contribution in [0.1, 0.15) is 0 Å². The number of carboxylic acids is 1. The number of nitro benzene ring substituents is 1. The summed E-state index contributed by atoms with van der Waals surface area (Å²) in [6, 6.07) is 20.6. The number of rotatable bonds is 7. The number of nitro groups is 1. The normalized spacial score (nSPS) is 11.1. The zero-order valence-electron chi connectivity index (χ0n) is 17.6. The highest BCUT2D eigenvalue weighted by Gasteiger charge is 2.16. The molecule has 2 aromatic heterocycles. The van der Waals surface area contributed by atoms with Crippen LogP contribution in [0.5, 0.6) is 0 Å². The third-order valence-corrected chi connectivity index (χ3v) is 6.12. The van der Waals surface area contributed by atoms with E-state index in [2.05, 4.69) is 20.2 Å². The maximum atomic E-state index is 11.6. The Hall–Kier alpha value is -4.44. The lowest BCUT2D eigenvalue weighted by Gasteiger charge is -2.07. The van der Waals surface area contributed by atoms with Gasteiger partial charge in [-0.3, -0.25) is 20.0 Å². The van der Waals surface area contributed by atoms with Crippen molar-refractivity contribution in [3.63, 3.8) is 0 Å². The van der Waals surface area contributed by atoms with E-state index >= 15 is 0 Å². The molecule has 0 aliphatic rings. The molecule has 10 heteroatoms. The third-order valence-electron chi connectivity index (χ3n) is 5.29. The van der Waals surface area contributed by atoms with E-state index in [0.29, 0.717) is 17.0 Å². The molecule has 0 bridgehead atoms. The van der Waals surface area contributed by atoms with Gasteiger partial charge >= 0.3 is 5.97 Å². The number of hydrogen-bond donors (Lipinski definition) is 3. The van der Waals surface area contributed by atoms with Crippen LogP contribution in [-0.4, -0.2) is 41.9 Å². The maximum absolute atomic E-state index is 11.6. The van der Waals surface area contributed by atoms with Gasteiger partial charge in [0.1, 0.15) is 0 Å². The first-order valence-electron chi connectivity index (χ1n) is 10.2. The maximum Gasteiger partial charge on any atom is 0.313 e. The molecule has 3 N–H and O–H groups in total. The Labute approximate surface area is 197 Å². The summed E-state index contributed by atoms with van der Waals surface area (Å²) in [6.45, 7) is 0. The van der Waals surface area contributed by atoms with Gasteiger partial charge < -0.3 is 10.1 Å². The van der Waals surface area contributed by atoms with Crippen molar-refractivity contribution in [2.45, 2.75) is 5.16 Å². The highest BCUT2D eigenvalue weighted by Crippen LogP contribution is 2.35. The summed E-state index contributed by atoms with van der Waals surface area (Å²) >= 11 is 0.967. The first-order valence-corrected chi connectivity index (χ1v) is 11.2. The zero-order valence-corrected chi connectivity index (χ0v) is 18.4. The Morgan fingerprint density at radius 3 is 2.56 bits per heavy atom. The number of carbonyl (C=O) groups is 1. The van der Waals surface area contributed by atoms with Crippen LogP contribution in [0.25, 0.3) is 44.5 Å². The summed E-state index contributed by atoms with van der Waals surface area (Å²) in [7, 11) is 0. The minimum atomic E-state index is -0.982. The van der Waals surface area contributed by atoms with Gasteiger partial charge in [-0.15, -0.1) is 5.10 Å². The second-order valence-electron chi connectivity index (χ2n) is 7.50. The molecule has 5 aromatic rings. The van der Waals surface area contributed by atoms with Crippen molar-refractivity contribution < 1.29 is 14.8 Å². The third kappa shape index (κ3) is 4.26.